The number of aromatic nitrogens is 3. The molecule has 2 heterocycles. The molecule has 16 heavy (non-hydrogen) atoms. The van der Waals surface area contributed by atoms with Gasteiger partial charge in [-0.1, -0.05) is 6.07 Å². The molecule has 0 amide bonds. The van der Waals surface area contributed by atoms with Gasteiger partial charge in [-0.15, -0.1) is 0 Å². The summed E-state index contributed by atoms with van der Waals surface area (Å²) >= 11 is 3.31. The molecule has 0 radical (unpaired) electrons. The van der Waals surface area contributed by atoms with Gasteiger partial charge in [-0.25, -0.2) is 9.97 Å². The molecule has 0 aliphatic heterocycles. The van der Waals surface area contributed by atoms with E-state index >= 15 is 0 Å². The van der Waals surface area contributed by atoms with Crippen molar-refractivity contribution >= 4 is 21.9 Å². The molecular formula is C11H11BrN4. The largest absolute Gasteiger partial charge is 0.338 e. The second-order valence-electron chi connectivity index (χ2n) is 3.38. The second kappa shape index (κ2) is 5.03. The first kappa shape index (κ1) is 11.0. The van der Waals surface area contributed by atoms with Gasteiger partial charge in [-0.3, -0.25) is 4.98 Å². The average Bonchev–Trinajstić information content (AvgIpc) is 2.31. The van der Waals surface area contributed by atoms with Crippen molar-refractivity contribution in [3.8, 4) is 0 Å². The molecule has 0 aliphatic carbocycles. The normalized spacial score (nSPS) is 10.1. The summed E-state index contributed by atoms with van der Waals surface area (Å²) < 4.78 is 0.877. The van der Waals surface area contributed by atoms with Gasteiger partial charge >= 0.3 is 0 Å². The van der Waals surface area contributed by atoms with Crippen LogP contribution in [-0.2, 0) is 6.54 Å². The van der Waals surface area contributed by atoms with Crippen LogP contribution in [-0.4, -0.2) is 22.0 Å². The highest BCUT2D eigenvalue weighted by Gasteiger charge is 2.04. The second-order valence-corrected chi connectivity index (χ2v) is 4.29. The minimum absolute atomic E-state index is 0.689. The lowest BCUT2D eigenvalue weighted by Crippen LogP contribution is -2.19. The molecule has 2 aromatic heterocycles. The number of hydrogen-bond donors (Lipinski definition) is 0. The van der Waals surface area contributed by atoms with Crippen LogP contribution in [0.25, 0.3) is 0 Å². The van der Waals surface area contributed by atoms with Gasteiger partial charge in [-0.2, -0.15) is 0 Å². The van der Waals surface area contributed by atoms with Gasteiger partial charge in [-0.05, 0) is 28.1 Å². The minimum Gasteiger partial charge on any atom is -0.338 e. The van der Waals surface area contributed by atoms with Crippen molar-refractivity contribution in [1.29, 1.82) is 0 Å². The topological polar surface area (TPSA) is 41.9 Å². The lowest BCUT2D eigenvalue weighted by atomic mass is 10.3. The Kier molecular flexibility index (Phi) is 3.46. The Morgan fingerprint density at radius 1 is 1.19 bits per heavy atom. The Hall–Kier alpha value is -1.49. The number of anilines is 1. The molecule has 0 spiro atoms. The van der Waals surface area contributed by atoms with Gasteiger partial charge in [0.2, 0.25) is 5.95 Å². The Bertz CT molecular complexity index is 443. The summed E-state index contributed by atoms with van der Waals surface area (Å²) in [5, 5.41) is 0. The van der Waals surface area contributed by atoms with Gasteiger partial charge in [0, 0.05) is 25.6 Å². The van der Waals surface area contributed by atoms with Crippen LogP contribution in [0.1, 0.15) is 5.69 Å². The van der Waals surface area contributed by atoms with Gasteiger partial charge in [0.1, 0.15) is 0 Å². The average molecular weight is 279 g/mol. The number of nitrogens with zero attached hydrogens (tertiary/aromatic N) is 4. The van der Waals surface area contributed by atoms with Crippen molar-refractivity contribution in [1.82, 2.24) is 15.0 Å². The summed E-state index contributed by atoms with van der Waals surface area (Å²) in [7, 11) is 1.94. The maximum absolute atomic E-state index is 4.26. The van der Waals surface area contributed by atoms with Crippen molar-refractivity contribution in [3.63, 3.8) is 0 Å². The number of halogens is 1. The van der Waals surface area contributed by atoms with Crippen molar-refractivity contribution in [3.05, 3.63) is 47.0 Å². The first-order chi connectivity index (χ1) is 7.75. The summed E-state index contributed by atoms with van der Waals surface area (Å²) in [4.78, 5) is 14.6. The van der Waals surface area contributed by atoms with Crippen LogP contribution >= 0.6 is 15.9 Å². The van der Waals surface area contributed by atoms with Crippen LogP contribution in [0.5, 0.6) is 0 Å². The molecule has 2 rings (SSSR count). The van der Waals surface area contributed by atoms with Crippen LogP contribution in [0.3, 0.4) is 0 Å². The molecule has 0 fully saturated rings. The van der Waals surface area contributed by atoms with Crippen molar-refractivity contribution in [2.75, 3.05) is 11.9 Å². The minimum atomic E-state index is 0.689. The molecule has 0 aromatic carbocycles. The molecular weight excluding hydrogens is 268 g/mol. The Balaban J connectivity index is 2.09. The third-order valence-electron chi connectivity index (χ3n) is 2.07. The van der Waals surface area contributed by atoms with Crippen LogP contribution in [0.15, 0.2) is 41.3 Å². The fraction of sp³-hybridized carbons (Fsp3) is 0.182. The number of pyridine rings is 1. The molecule has 0 aliphatic rings. The zero-order valence-electron chi connectivity index (χ0n) is 8.84. The molecule has 0 saturated heterocycles. The molecule has 0 atom stereocenters. The van der Waals surface area contributed by atoms with Crippen LogP contribution in [0.2, 0.25) is 0 Å². The number of hydrogen-bond acceptors (Lipinski definition) is 4. The first-order valence-electron chi connectivity index (χ1n) is 4.84. The molecule has 0 unspecified atom stereocenters. The van der Waals surface area contributed by atoms with E-state index in [1.807, 2.05) is 30.1 Å². The summed E-state index contributed by atoms with van der Waals surface area (Å²) in [6.45, 7) is 0.697. The third kappa shape index (κ3) is 2.76. The highest BCUT2D eigenvalue weighted by atomic mass is 79.9. The zero-order chi connectivity index (χ0) is 11.4. The SMILES string of the molecule is CN(Cc1ccccn1)c1ncc(Br)cn1. The van der Waals surface area contributed by atoms with E-state index < -0.39 is 0 Å². The first-order valence-corrected chi connectivity index (χ1v) is 5.63. The summed E-state index contributed by atoms with van der Waals surface area (Å²) in [5.74, 6) is 0.689. The van der Waals surface area contributed by atoms with Crippen molar-refractivity contribution in [2.45, 2.75) is 6.54 Å². The van der Waals surface area contributed by atoms with E-state index in [9.17, 15) is 0 Å². The van der Waals surface area contributed by atoms with Crippen LogP contribution < -0.4 is 4.90 Å². The molecule has 2 aromatic rings. The predicted octanol–water partition coefficient (Wildman–Crippen LogP) is 2.27. The van der Waals surface area contributed by atoms with Gasteiger partial charge in [0.25, 0.3) is 0 Å². The molecule has 0 bridgehead atoms. The Morgan fingerprint density at radius 3 is 2.56 bits per heavy atom. The fourth-order valence-corrected chi connectivity index (χ4v) is 1.51. The van der Waals surface area contributed by atoms with Gasteiger partial charge in [0.15, 0.2) is 0 Å². The van der Waals surface area contributed by atoms with Crippen LogP contribution in [0.4, 0.5) is 5.95 Å². The monoisotopic (exact) mass is 278 g/mol. The Morgan fingerprint density at radius 2 is 1.94 bits per heavy atom. The van der Waals surface area contributed by atoms with E-state index in [2.05, 4.69) is 30.9 Å². The summed E-state index contributed by atoms with van der Waals surface area (Å²) in [6.07, 6.45) is 5.25. The lowest BCUT2D eigenvalue weighted by molar-refractivity contribution is 0.840. The highest BCUT2D eigenvalue weighted by Crippen LogP contribution is 2.11. The van der Waals surface area contributed by atoms with E-state index in [1.54, 1.807) is 18.6 Å². The van der Waals surface area contributed by atoms with Crippen molar-refractivity contribution < 1.29 is 0 Å². The summed E-state index contributed by atoms with van der Waals surface area (Å²) in [5.41, 5.74) is 0.997. The fourth-order valence-electron chi connectivity index (χ4n) is 1.31. The number of rotatable bonds is 3. The van der Waals surface area contributed by atoms with Crippen LogP contribution in [0, 0.1) is 0 Å². The maximum Gasteiger partial charge on any atom is 0.225 e. The maximum atomic E-state index is 4.26. The van der Waals surface area contributed by atoms with Crippen molar-refractivity contribution in [2.24, 2.45) is 0 Å². The van der Waals surface area contributed by atoms with E-state index in [1.165, 1.54) is 0 Å². The molecule has 0 saturated carbocycles. The quantitative estimate of drug-likeness (QED) is 0.864. The van der Waals surface area contributed by atoms with E-state index in [0.717, 1.165) is 10.2 Å². The predicted molar refractivity (Wildman–Crippen MR) is 66.1 cm³/mol. The van der Waals surface area contributed by atoms with Gasteiger partial charge < -0.3 is 4.90 Å². The molecule has 5 heteroatoms. The third-order valence-corrected chi connectivity index (χ3v) is 2.48. The zero-order valence-corrected chi connectivity index (χ0v) is 10.4. The molecule has 0 N–H and O–H groups in total. The van der Waals surface area contributed by atoms with E-state index in [-0.39, 0.29) is 0 Å². The standard InChI is InChI=1S/C11H11BrN4/c1-16(8-10-4-2-3-5-13-10)11-14-6-9(12)7-15-11/h2-7H,8H2,1H3. The highest BCUT2D eigenvalue weighted by molar-refractivity contribution is 9.10. The lowest BCUT2D eigenvalue weighted by Gasteiger charge is -2.15. The smallest absolute Gasteiger partial charge is 0.225 e. The van der Waals surface area contributed by atoms with E-state index in [0.29, 0.717) is 12.5 Å². The molecule has 4 nitrogen and oxygen atoms in total. The van der Waals surface area contributed by atoms with E-state index in [4.69, 9.17) is 0 Å². The summed E-state index contributed by atoms with van der Waals surface area (Å²) in [6, 6.07) is 5.85. The Labute approximate surface area is 103 Å². The van der Waals surface area contributed by atoms with Gasteiger partial charge in [0.05, 0.1) is 16.7 Å². The molecule has 82 valence electrons.